The molecule has 1 saturated carbocycles. The topological polar surface area (TPSA) is 33.1 Å². The van der Waals surface area contributed by atoms with Gasteiger partial charge in [0, 0.05) is 50.7 Å². The van der Waals surface area contributed by atoms with Crippen LogP contribution in [-0.4, -0.2) is 46.2 Å². The van der Waals surface area contributed by atoms with E-state index < -0.39 is 0 Å². The number of rotatable bonds is 4. The Morgan fingerprint density at radius 1 is 1.44 bits per heavy atom. The van der Waals surface area contributed by atoms with Gasteiger partial charge in [-0.3, -0.25) is 4.90 Å². The monoisotopic (exact) mass is 248 g/mol. The molecule has 2 heterocycles. The molecule has 100 valence electrons. The highest BCUT2D eigenvalue weighted by atomic mass is 15.2. The quantitative estimate of drug-likeness (QED) is 0.871. The minimum Gasteiger partial charge on any atom is -0.334 e. The van der Waals surface area contributed by atoms with Gasteiger partial charge in [0.1, 0.15) is 5.82 Å². The van der Waals surface area contributed by atoms with Crippen LogP contribution < -0.4 is 5.32 Å². The molecule has 4 heteroatoms. The number of hydrogen-bond donors (Lipinski definition) is 1. The Kier molecular flexibility index (Phi) is 3.16. The Labute approximate surface area is 109 Å². The third kappa shape index (κ3) is 2.45. The highest BCUT2D eigenvalue weighted by Gasteiger charge is 2.43. The third-order valence-electron chi connectivity index (χ3n) is 4.57. The SMILES string of the molecule is Cc1nccn1CCN1CCNC(C)(C2CC2)C1. The van der Waals surface area contributed by atoms with Crippen molar-refractivity contribution >= 4 is 0 Å². The highest BCUT2D eigenvalue weighted by Crippen LogP contribution is 2.40. The lowest BCUT2D eigenvalue weighted by Crippen LogP contribution is -2.60. The smallest absolute Gasteiger partial charge is 0.105 e. The molecule has 1 unspecified atom stereocenters. The average molecular weight is 248 g/mol. The second-order valence-corrected chi connectivity index (χ2v) is 6.06. The molecule has 1 N–H and O–H groups in total. The molecule has 4 nitrogen and oxygen atoms in total. The molecule has 1 saturated heterocycles. The molecule has 1 aromatic heterocycles. The van der Waals surface area contributed by atoms with E-state index in [1.54, 1.807) is 0 Å². The predicted octanol–water partition coefficient (Wildman–Crippen LogP) is 1.27. The van der Waals surface area contributed by atoms with Crippen molar-refractivity contribution in [1.82, 2.24) is 19.8 Å². The standard InChI is InChI=1S/C14H24N4/c1-12-15-5-8-18(12)10-9-17-7-6-16-14(2,11-17)13-3-4-13/h5,8,13,16H,3-4,6-7,9-11H2,1-2H3. The van der Waals surface area contributed by atoms with Crippen molar-refractivity contribution in [3.8, 4) is 0 Å². The van der Waals surface area contributed by atoms with Gasteiger partial charge in [-0.25, -0.2) is 4.98 Å². The van der Waals surface area contributed by atoms with Crippen LogP contribution in [0.3, 0.4) is 0 Å². The maximum atomic E-state index is 4.28. The second kappa shape index (κ2) is 4.67. The van der Waals surface area contributed by atoms with Crippen molar-refractivity contribution in [2.75, 3.05) is 26.2 Å². The van der Waals surface area contributed by atoms with Gasteiger partial charge >= 0.3 is 0 Å². The van der Waals surface area contributed by atoms with Crippen LogP contribution in [0.15, 0.2) is 12.4 Å². The Hall–Kier alpha value is -0.870. The van der Waals surface area contributed by atoms with Crippen LogP contribution in [0.1, 0.15) is 25.6 Å². The zero-order valence-corrected chi connectivity index (χ0v) is 11.5. The van der Waals surface area contributed by atoms with Gasteiger partial charge in [-0.15, -0.1) is 0 Å². The molecule has 1 atom stereocenters. The molecule has 0 spiro atoms. The maximum Gasteiger partial charge on any atom is 0.105 e. The zero-order valence-electron chi connectivity index (χ0n) is 11.5. The Morgan fingerprint density at radius 3 is 2.94 bits per heavy atom. The molecular formula is C14H24N4. The van der Waals surface area contributed by atoms with Crippen LogP contribution in [0.2, 0.25) is 0 Å². The average Bonchev–Trinajstić information content (AvgIpc) is 3.12. The number of aryl methyl sites for hydroxylation is 1. The Morgan fingerprint density at radius 2 is 2.28 bits per heavy atom. The van der Waals surface area contributed by atoms with Crippen molar-refractivity contribution in [2.45, 2.75) is 38.8 Å². The number of nitrogens with zero attached hydrogens (tertiary/aromatic N) is 3. The van der Waals surface area contributed by atoms with Crippen molar-refractivity contribution in [3.05, 3.63) is 18.2 Å². The molecule has 1 aromatic rings. The molecule has 0 amide bonds. The first-order valence-electron chi connectivity index (χ1n) is 7.12. The molecule has 1 aliphatic carbocycles. The molecule has 1 aliphatic heterocycles. The largest absolute Gasteiger partial charge is 0.334 e. The Balaban J connectivity index is 1.55. The van der Waals surface area contributed by atoms with E-state index in [0.717, 1.165) is 31.4 Å². The molecule has 0 bridgehead atoms. The molecule has 2 fully saturated rings. The first kappa shape index (κ1) is 12.2. The van der Waals surface area contributed by atoms with Gasteiger partial charge in [0.05, 0.1) is 0 Å². The van der Waals surface area contributed by atoms with Gasteiger partial charge in [0.25, 0.3) is 0 Å². The van der Waals surface area contributed by atoms with Crippen LogP contribution in [0.25, 0.3) is 0 Å². The van der Waals surface area contributed by atoms with Crippen LogP contribution in [0.5, 0.6) is 0 Å². The van der Waals surface area contributed by atoms with Crippen LogP contribution in [-0.2, 0) is 6.54 Å². The first-order valence-corrected chi connectivity index (χ1v) is 7.12. The number of nitrogens with one attached hydrogen (secondary N) is 1. The van der Waals surface area contributed by atoms with Crippen molar-refractivity contribution in [1.29, 1.82) is 0 Å². The van der Waals surface area contributed by atoms with Crippen LogP contribution in [0.4, 0.5) is 0 Å². The molecule has 2 aliphatic rings. The van der Waals surface area contributed by atoms with Crippen molar-refractivity contribution in [3.63, 3.8) is 0 Å². The highest BCUT2D eigenvalue weighted by molar-refractivity contribution is 5.02. The number of imidazole rings is 1. The summed E-state index contributed by atoms with van der Waals surface area (Å²) in [5.41, 5.74) is 0.363. The summed E-state index contributed by atoms with van der Waals surface area (Å²) in [5.74, 6) is 2.03. The second-order valence-electron chi connectivity index (χ2n) is 6.06. The zero-order chi connectivity index (χ0) is 12.6. The molecular weight excluding hydrogens is 224 g/mol. The van der Waals surface area contributed by atoms with E-state index in [2.05, 4.69) is 39.8 Å². The number of aromatic nitrogens is 2. The minimum absolute atomic E-state index is 0.363. The number of hydrogen-bond acceptors (Lipinski definition) is 3. The predicted molar refractivity (Wildman–Crippen MR) is 72.5 cm³/mol. The molecule has 3 rings (SSSR count). The third-order valence-corrected chi connectivity index (χ3v) is 4.57. The van der Waals surface area contributed by atoms with Gasteiger partial charge in [-0.1, -0.05) is 0 Å². The Bertz CT molecular complexity index is 410. The first-order chi connectivity index (χ1) is 8.67. The molecule has 0 radical (unpaired) electrons. The van der Waals surface area contributed by atoms with E-state index in [9.17, 15) is 0 Å². The summed E-state index contributed by atoms with van der Waals surface area (Å²) in [6.45, 7) is 10.2. The van der Waals surface area contributed by atoms with Crippen LogP contribution >= 0.6 is 0 Å². The van der Waals surface area contributed by atoms with Gasteiger partial charge < -0.3 is 9.88 Å². The summed E-state index contributed by atoms with van der Waals surface area (Å²) in [5, 5.41) is 3.73. The van der Waals surface area contributed by atoms with Gasteiger partial charge in [-0.05, 0) is 32.6 Å². The van der Waals surface area contributed by atoms with E-state index in [0.29, 0.717) is 5.54 Å². The number of piperazine rings is 1. The van der Waals surface area contributed by atoms with E-state index in [1.165, 1.54) is 25.9 Å². The summed E-state index contributed by atoms with van der Waals surface area (Å²) in [6.07, 6.45) is 6.80. The van der Waals surface area contributed by atoms with E-state index in [4.69, 9.17) is 0 Å². The molecule has 18 heavy (non-hydrogen) atoms. The lowest BCUT2D eigenvalue weighted by molar-refractivity contribution is 0.123. The summed E-state index contributed by atoms with van der Waals surface area (Å²) in [4.78, 5) is 6.88. The summed E-state index contributed by atoms with van der Waals surface area (Å²) in [7, 11) is 0. The maximum absolute atomic E-state index is 4.28. The van der Waals surface area contributed by atoms with Crippen molar-refractivity contribution in [2.24, 2.45) is 5.92 Å². The lowest BCUT2D eigenvalue weighted by Gasteiger charge is -2.42. The van der Waals surface area contributed by atoms with Gasteiger partial charge in [-0.2, -0.15) is 0 Å². The summed E-state index contributed by atoms with van der Waals surface area (Å²) < 4.78 is 2.25. The van der Waals surface area contributed by atoms with Gasteiger partial charge in [0.15, 0.2) is 0 Å². The van der Waals surface area contributed by atoms with E-state index in [-0.39, 0.29) is 0 Å². The van der Waals surface area contributed by atoms with Gasteiger partial charge in [0.2, 0.25) is 0 Å². The lowest BCUT2D eigenvalue weighted by atomic mass is 9.93. The van der Waals surface area contributed by atoms with E-state index >= 15 is 0 Å². The molecule has 0 aromatic carbocycles. The summed E-state index contributed by atoms with van der Waals surface area (Å²) in [6, 6.07) is 0. The fourth-order valence-corrected chi connectivity index (χ4v) is 3.17. The normalized spacial score (nSPS) is 29.7. The van der Waals surface area contributed by atoms with Crippen LogP contribution in [0, 0.1) is 12.8 Å². The minimum atomic E-state index is 0.363. The fraction of sp³-hybridized carbons (Fsp3) is 0.786. The fourth-order valence-electron chi connectivity index (χ4n) is 3.17. The van der Waals surface area contributed by atoms with E-state index in [1.807, 2.05) is 6.20 Å². The summed E-state index contributed by atoms with van der Waals surface area (Å²) >= 11 is 0. The van der Waals surface area contributed by atoms with Crippen molar-refractivity contribution < 1.29 is 0 Å².